The van der Waals surface area contributed by atoms with Gasteiger partial charge in [-0.2, -0.15) is 10.2 Å². The van der Waals surface area contributed by atoms with E-state index in [1.165, 1.54) is 0 Å². The Morgan fingerprint density at radius 1 is 1.24 bits per heavy atom. The molecule has 1 atom stereocenters. The van der Waals surface area contributed by atoms with Crippen molar-refractivity contribution in [1.29, 1.82) is 0 Å². The van der Waals surface area contributed by atoms with Crippen molar-refractivity contribution < 1.29 is 5.11 Å². The molecule has 1 N–H and O–H groups in total. The van der Waals surface area contributed by atoms with Crippen LogP contribution < -0.4 is 0 Å². The van der Waals surface area contributed by atoms with Gasteiger partial charge in [-0.05, 0) is 0 Å². The Hall–Kier alpha value is -2.01. The predicted octanol–water partition coefficient (Wildman–Crippen LogP) is 2.53. The van der Waals surface area contributed by atoms with Crippen LogP contribution in [0.25, 0.3) is 11.3 Å². The minimum Gasteiger partial charge on any atom is -0.396 e. The fourth-order valence-corrected chi connectivity index (χ4v) is 1.90. The summed E-state index contributed by atoms with van der Waals surface area (Å²) in [5.41, 5.74) is 1.95. The standard InChI is InChI=1S/C12H12N4O/c17-7-6-11-13-14-12-8-10(15-16(11)12)9-4-2-1-3-5-9/h1-5,8,11,17H,6-7H2. The summed E-state index contributed by atoms with van der Waals surface area (Å²) < 4.78 is 1.76. The number of hydrogen-bond acceptors (Lipinski definition) is 4. The van der Waals surface area contributed by atoms with Crippen molar-refractivity contribution in [3.8, 4) is 11.3 Å². The fourth-order valence-electron chi connectivity index (χ4n) is 1.90. The molecule has 1 unspecified atom stereocenters. The van der Waals surface area contributed by atoms with Crippen molar-refractivity contribution in [3.63, 3.8) is 0 Å². The van der Waals surface area contributed by atoms with Gasteiger partial charge in [-0.25, -0.2) is 4.68 Å². The first kappa shape index (κ1) is 10.2. The van der Waals surface area contributed by atoms with Crippen LogP contribution in [0.5, 0.6) is 0 Å². The Morgan fingerprint density at radius 3 is 2.82 bits per heavy atom. The van der Waals surface area contributed by atoms with E-state index in [-0.39, 0.29) is 12.8 Å². The van der Waals surface area contributed by atoms with Gasteiger partial charge in [-0.1, -0.05) is 30.3 Å². The van der Waals surface area contributed by atoms with Gasteiger partial charge in [0, 0.05) is 24.7 Å². The molecule has 86 valence electrons. The molecule has 5 heteroatoms. The average Bonchev–Trinajstić information content (AvgIpc) is 2.93. The molecular weight excluding hydrogens is 216 g/mol. The van der Waals surface area contributed by atoms with E-state index >= 15 is 0 Å². The number of hydrogen-bond donors (Lipinski definition) is 1. The molecule has 0 saturated carbocycles. The third-order valence-electron chi connectivity index (χ3n) is 2.75. The van der Waals surface area contributed by atoms with E-state index in [0.717, 1.165) is 17.1 Å². The number of benzene rings is 1. The molecule has 0 aliphatic carbocycles. The second-order valence-corrected chi connectivity index (χ2v) is 3.91. The fraction of sp³-hybridized carbons (Fsp3) is 0.250. The smallest absolute Gasteiger partial charge is 0.175 e. The van der Waals surface area contributed by atoms with Crippen LogP contribution in [0.15, 0.2) is 46.6 Å². The molecule has 0 amide bonds. The second-order valence-electron chi connectivity index (χ2n) is 3.91. The molecule has 0 spiro atoms. The summed E-state index contributed by atoms with van der Waals surface area (Å²) in [6, 6.07) is 11.9. The number of aliphatic hydroxyl groups excluding tert-OH is 1. The van der Waals surface area contributed by atoms with Gasteiger partial charge in [0.2, 0.25) is 0 Å². The van der Waals surface area contributed by atoms with Gasteiger partial charge in [0.1, 0.15) is 0 Å². The molecule has 17 heavy (non-hydrogen) atoms. The largest absolute Gasteiger partial charge is 0.396 e. The summed E-state index contributed by atoms with van der Waals surface area (Å²) >= 11 is 0. The van der Waals surface area contributed by atoms with Crippen LogP contribution in [-0.2, 0) is 0 Å². The molecule has 1 aromatic carbocycles. The van der Waals surface area contributed by atoms with Crippen molar-refractivity contribution in [3.05, 3.63) is 36.4 Å². The first-order valence-corrected chi connectivity index (χ1v) is 5.55. The lowest BCUT2D eigenvalue weighted by atomic mass is 10.2. The summed E-state index contributed by atoms with van der Waals surface area (Å²) in [6.45, 7) is 0.0870. The van der Waals surface area contributed by atoms with Gasteiger partial charge in [0.05, 0.1) is 5.69 Å². The number of nitrogens with zero attached hydrogens (tertiary/aromatic N) is 4. The summed E-state index contributed by atoms with van der Waals surface area (Å²) in [5, 5.41) is 21.5. The lowest BCUT2D eigenvalue weighted by Gasteiger charge is -2.05. The minimum absolute atomic E-state index is 0.0870. The maximum Gasteiger partial charge on any atom is 0.175 e. The highest BCUT2D eigenvalue weighted by molar-refractivity contribution is 5.62. The monoisotopic (exact) mass is 228 g/mol. The van der Waals surface area contributed by atoms with Crippen LogP contribution in [0.4, 0.5) is 5.82 Å². The topological polar surface area (TPSA) is 62.8 Å². The van der Waals surface area contributed by atoms with Gasteiger partial charge in [0.25, 0.3) is 0 Å². The maximum atomic E-state index is 8.93. The third kappa shape index (κ3) is 1.74. The molecule has 2 heterocycles. The van der Waals surface area contributed by atoms with Gasteiger partial charge in [-0.15, -0.1) is 5.11 Å². The van der Waals surface area contributed by atoms with Crippen LogP contribution in [0.3, 0.4) is 0 Å². The van der Waals surface area contributed by atoms with Gasteiger partial charge in [-0.3, -0.25) is 0 Å². The van der Waals surface area contributed by atoms with Crippen LogP contribution in [0.1, 0.15) is 12.6 Å². The predicted molar refractivity (Wildman–Crippen MR) is 62.9 cm³/mol. The highest BCUT2D eigenvalue weighted by Gasteiger charge is 2.21. The Kier molecular flexibility index (Phi) is 2.45. The molecule has 1 aromatic heterocycles. The molecule has 0 saturated heterocycles. The van der Waals surface area contributed by atoms with E-state index in [4.69, 9.17) is 5.11 Å². The molecule has 0 bridgehead atoms. The number of azo groups is 1. The first-order valence-electron chi connectivity index (χ1n) is 5.55. The molecule has 1 aliphatic rings. The van der Waals surface area contributed by atoms with Gasteiger partial charge in [0.15, 0.2) is 12.0 Å². The number of aromatic nitrogens is 2. The summed E-state index contributed by atoms with van der Waals surface area (Å²) in [5.74, 6) is 0.752. The van der Waals surface area contributed by atoms with Crippen molar-refractivity contribution in [1.82, 2.24) is 9.78 Å². The Balaban J connectivity index is 1.96. The molecule has 0 fully saturated rings. The highest BCUT2D eigenvalue weighted by Crippen LogP contribution is 2.33. The van der Waals surface area contributed by atoms with Crippen LogP contribution >= 0.6 is 0 Å². The first-order chi connectivity index (χ1) is 8.38. The average molecular weight is 228 g/mol. The number of aliphatic hydroxyl groups is 1. The quantitative estimate of drug-likeness (QED) is 0.877. The molecular formula is C12H12N4O. The highest BCUT2D eigenvalue weighted by atomic mass is 16.3. The maximum absolute atomic E-state index is 8.93. The second kappa shape index (κ2) is 4.10. The van der Waals surface area contributed by atoms with Crippen molar-refractivity contribution in [2.45, 2.75) is 12.6 Å². The molecule has 1 aliphatic heterocycles. The van der Waals surface area contributed by atoms with Gasteiger partial charge >= 0.3 is 0 Å². The zero-order valence-corrected chi connectivity index (χ0v) is 9.19. The summed E-state index contributed by atoms with van der Waals surface area (Å²) in [4.78, 5) is 0. The summed E-state index contributed by atoms with van der Waals surface area (Å²) in [7, 11) is 0. The Bertz CT molecular complexity index is 547. The molecule has 3 rings (SSSR count). The van der Waals surface area contributed by atoms with Crippen molar-refractivity contribution >= 4 is 5.82 Å². The lowest BCUT2D eigenvalue weighted by molar-refractivity contribution is 0.257. The molecule has 5 nitrogen and oxygen atoms in total. The van der Waals surface area contributed by atoms with E-state index < -0.39 is 0 Å². The van der Waals surface area contributed by atoms with Crippen LogP contribution in [0.2, 0.25) is 0 Å². The summed E-state index contributed by atoms with van der Waals surface area (Å²) in [6.07, 6.45) is 0.388. The van der Waals surface area contributed by atoms with E-state index in [1.807, 2.05) is 36.4 Å². The third-order valence-corrected chi connectivity index (χ3v) is 2.75. The van der Waals surface area contributed by atoms with Crippen molar-refractivity contribution in [2.75, 3.05) is 6.61 Å². The Labute approximate surface area is 98.4 Å². The normalized spacial score (nSPS) is 17.4. The van der Waals surface area contributed by atoms with Crippen molar-refractivity contribution in [2.24, 2.45) is 10.2 Å². The Morgan fingerprint density at radius 2 is 2.06 bits per heavy atom. The lowest BCUT2D eigenvalue weighted by Crippen LogP contribution is -2.06. The number of rotatable bonds is 3. The van der Waals surface area contributed by atoms with E-state index in [1.54, 1.807) is 4.68 Å². The molecule has 0 radical (unpaired) electrons. The van der Waals surface area contributed by atoms with E-state index in [2.05, 4.69) is 15.3 Å². The van der Waals surface area contributed by atoms with Crippen LogP contribution in [0, 0.1) is 0 Å². The van der Waals surface area contributed by atoms with Gasteiger partial charge < -0.3 is 5.11 Å². The number of fused-ring (bicyclic) bond motifs is 1. The van der Waals surface area contributed by atoms with E-state index in [9.17, 15) is 0 Å². The zero-order chi connectivity index (χ0) is 11.7. The SMILES string of the molecule is OCCC1N=Nc2cc(-c3ccccc3)nn21. The molecule has 2 aromatic rings. The van der Waals surface area contributed by atoms with Crippen LogP contribution in [-0.4, -0.2) is 21.5 Å². The zero-order valence-electron chi connectivity index (χ0n) is 9.19. The minimum atomic E-state index is -0.160. The van der Waals surface area contributed by atoms with E-state index in [0.29, 0.717) is 6.42 Å².